The molecule has 2 fully saturated rings. The Hall–Kier alpha value is -6.36. The SMILES string of the molecule is CCCCCCC(CCCCCC)N1C(=O)c2ccc3c4c(-c5ccc(N6CCNCC6)cc5)cc5c6c(ccc(c7c(-c8ccc(N9CCNCC9)cc8)cc(c2c37)C1=O)c64)C(=O)N(C(CCCCCC)CCCCCC)C5=O. The van der Waals surface area contributed by atoms with E-state index in [1.165, 1.54) is 0 Å². The molecule has 0 bridgehead atoms. The van der Waals surface area contributed by atoms with E-state index in [0.29, 0.717) is 33.0 Å². The molecule has 11 rings (SSSR count). The third kappa shape index (κ3) is 10.6. The first kappa shape index (κ1) is 55.5. The van der Waals surface area contributed by atoms with E-state index < -0.39 is 0 Å². The standard InChI is InChI=1S/C70H86N6O4/c1-5-9-13-17-21-51(22-18-14-10-6-2)75-67(77)55-35-33-53-62-58(48-27-31-50(32-28-48)74-43-39-72-40-44-74)46-60-64-56(68(78)76(70(60)80)52(23-19-15-11-7-3)24-20-16-12-8-4)36-34-54(66(62)64)61-57(45-59(69(75)79)63(55)65(53)61)47-25-29-49(30-26-47)73-41-37-71-38-42-73/h25-36,45-46,51-52,71-72H,5-24,37-44H2,1-4H3. The molecule has 0 saturated carbocycles. The number of carbonyl (C=O) groups is 4. The highest BCUT2D eigenvalue weighted by atomic mass is 16.2. The number of carbonyl (C=O) groups excluding carboxylic acids is 4. The van der Waals surface area contributed by atoms with Crippen molar-refractivity contribution >= 4 is 78.1 Å². The van der Waals surface area contributed by atoms with E-state index in [4.69, 9.17) is 0 Å². The molecule has 10 heteroatoms. The van der Waals surface area contributed by atoms with Crippen LogP contribution in [-0.4, -0.2) is 97.9 Å². The number of hydrogen-bond donors (Lipinski definition) is 2. The second-order valence-corrected chi connectivity index (χ2v) is 23.7. The molecule has 0 radical (unpaired) electrons. The predicted octanol–water partition coefficient (Wildman–Crippen LogP) is 15.7. The molecular formula is C70H86N6O4. The summed E-state index contributed by atoms with van der Waals surface area (Å²) in [7, 11) is 0. The van der Waals surface area contributed by atoms with Gasteiger partial charge in [-0.25, -0.2) is 0 Å². The topological polar surface area (TPSA) is 105 Å². The average Bonchev–Trinajstić information content (AvgIpc) is 3.20. The molecule has 0 atom stereocenters. The van der Waals surface area contributed by atoms with Gasteiger partial charge in [0, 0.05) is 109 Å². The van der Waals surface area contributed by atoms with Gasteiger partial charge in [0.2, 0.25) is 0 Å². The lowest BCUT2D eigenvalue weighted by molar-refractivity contribution is 0.0501. The van der Waals surface area contributed by atoms with Crippen LogP contribution in [0.4, 0.5) is 11.4 Å². The smallest absolute Gasteiger partial charge is 0.261 e. The van der Waals surface area contributed by atoms with Crippen LogP contribution in [0.5, 0.6) is 0 Å². The molecule has 0 aromatic heterocycles. The lowest BCUT2D eigenvalue weighted by Crippen LogP contribution is -2.47. The molecule has 4 amide bonds. The first-order valence-electron chi connectivity index (χ1n) is 31.4. The van der Waals surface area contributed by atoms with Gasteiger partial charge < -0.3 is 20.4 Å². The number of unbranched alkanes of at least 4 members (excludes halogenated alkanes) is 12. The van der Waals surface area contributed by atoms with E-state index >= 15 is 19.2 Å². The Labute approximate surface area is 475 Å². The largest absolute Gasteiger partial charge is 0.369 e. The number of nitrogens with zero attached hydrogens (tertiary/aromatic N) is 4. The number of hydrogen-bond acceptors (Lipinski definition) is 8. The molecule has 10 nitrogen and oxygen atoms in total. The number of piperazine rings is 2. The Morgan fingerprint density at radius 3 is 1.00 bits per heavy atom. The summed E-state index contributed by atoms with van der Waals surface area (Å²) in [6, 6.07) is 29.6. The van der Waals surface area contributed by atoms with Gasteiger partial charge in [-0.05, 0) is 129 Å². The number of anilines is 2. The maximum Gasteiger partial charge on any atom is 0.261 e. The minimum atomic E-state index is -0.212. The number of amides is 4. The van der Waals surface area contributed by atoms with E-state index in [1.54, 1.807) is 9.80 Å². The van der Waals surface area contributed by atoms with Gasteiger partial charge in [-0.15, -0.1) is 0 Å². The van der Waals surface area contributed by atoms with Crippen LogP contribution in [0.25, 0.3) is 65.3 Å². The fraction of sp³-hybridized carbons (Fsp3) is 0.486. The third-order valence-corrected chi connectivity index (χ3v) is 18.5. The van der Waals surface area contributed by atoms with Crippen molar-refractivity contribution in [2.45, 2.75) is 168 Å². The van der Waals surface area contributed by atoms with Crippen LogP contribution >= 0.6 is 0 Å². The predicted molar refractivity (Wildman–Crippen MR) is 332 cm³/mol. The molecule has 7 aromatic rings. The zero-order chi connectivity index (χ0) is 55.3. The number of rotatable bonds is 26. The summed E-state index contributed by atoms with van der Waals surface area (Å²) >= 11 is 0. The van der Waals surface area contributed by atoms with E-state index in [2.05, 4.69) is 121 Å². The van der Waals surface area contributed by atoms with Crippen molar-refractivity contribution in [3.63, 3.8) is 0 Å². The second kappa shape index (κ2) is 25.2. The molecule has 0 aliphatic carbocycles. The van der Waals surface area contributed by atoms with E-state index in [1.807, 2.05) is 12.1 Å². The lowest BCUT2D eigenvalue weighted by atomic mass is 9.77. The summed E-state index contributed by atoms with van der Waals surface area (Å²) in [5.41, 5.74) is 8.33. The molecule has 80 heavy (non-hydrogen) atoms. The second-order valence-electron chi connectivity index (χ2n) is 23.7. The van der Waals surface area contributed by atoms with Crippen LogP contribution in [0.3, 0.4) is 0 Å². The molecule has 2 saturated heterocycles. The molecule has 7 aromatic carbocycles. The van der Waals surface area contributed by atoms with Gasteiger partial charge in [-0.2, -0.15) is 0 Å². The van der Waals surface area contributed by atoms with Gasteiger partial charge in [-0.3, -0.25) is 29.0 Å². The van der Waals surface area contributed by atoms with Crippen molar-refractivity contribution in [1.82, 2.24) is 20.4 Å². The molecule has 420 valence electrons. The molecule has 0 spiro atoms. The molecule has 4 aliphatic rings. The van der Waals surface area contributed by atoms with Crippen molar-refractivity contribution in [3.8, 4) is 22.3 Å². The van der Waals surface area contributed by atoms with E-state index in [9.17, 15) is 0 Å². The number of fused-ring (bicyclic) bond motifs is 2. The van der Waals surface area contributed by atoms with Crippen LogP contribution in [0.1, 0.15) is 198 Å². The Morgan fingerprint density at radius 1 is 0.350 bits per heavy atom. The normalized spacial score (nSPS) is 16.0. The van der Waals surface area contributed by atoms with Crippen molar-refractivity contribution < 1.29 is 19.2 Å². The summed E-state index contributed by atoms with van der Waals surface area (Å²) in [5.74, 6) is -0.843. The first-order valence-corrected chi connectivity index (χ1v) is 31.4. The maximum atomic E-state index is 15.8. The summed E-state index contributed by atoms with van der Waals surface area (Å²) in [5, 5.41) is 13.8. The van der Waals surface area contributed by atoms with Gasteiger partial charge in [0.15, 0.2) is 0 Å². The van der Waals surface area contributed by atoms with Gasteiger partial charge in [0.1, 0.15) is 0 Å². The zero-order valence-electron chi connectivity index (χ0n) is 48.5. The maximum absolute atomic E-state index is 15.8. The van der Waals surface area contributed by atoms with Gasteiger partial charge >= 0.3 is 0 Å². The Balaban J connectivity index is 1.16. The molecule has 4 aliphatic heterocycles. The van der Waals surface area contributed by atoms with E-state index in [0.717, 1.165) is 247 Å². The lowest BCUT2D eigenvalue weighted by Gasteiger charge is -2.36. The quantitative estimate of drug-likeness (QED) is 0.0239. The van der Waals surface area contributed by atoms with Crippen LogP contribution in [0, 0.1) is 0 Å². The fourth-order valence-corrected chi connectivity index (χ4v) is 14.2. The van der Waals surface area contributed by atoms with Crippen LogP contribution in [0.2, 0.25) is 0 Å². The minimum Gasteiger partial charge on any atom is -0.369 e. The van der Waals surface area contributed by atoms with Gasteiger partial charge in [-0.1, -0.05) is 167 Å². The van der Waals surface area contributed by atoms with Crippen LogP contribution in [0.15, 0.2) is 84.9 Å². The molecular weight excluding hydrogens is 989 g/mol. The summed E-state index contributed by atoms with van der Waals surface area (Å²) in [4.78, 5) is 70.7. The monoisotopic (exact) mass is 1070 g/mol. The van der Waals surface area contributed by atoms with Gasteiger partial charge in [0.25, 0.3) is 23.6 Å². The van der Waals surface area contributed by atoms with Crippen molar-refractivity contribution in [3.05, 3.63) is 107 Å². The highest BCUT2D eigenvalue weighted by molar-refractivity contribution is 6.44. The van der Waals surface area contributed by atoms with Gasteiger partial charge in [0.05, 0.1) is 0 Å². The minimum absolute atomic E-state index is 0.199. The molecule has 2 N–H and O–H groups in total. The fourth-order valence-electron chi connectivity index (χ4n) is 14.2. The third-order valence-electron chi connectivity index (χ3n) is 18.5. The van der Waals surface area contributed by atoms with E-state index in [-0.39, 0.29) is 35.7 Å². The van der Waals surface area contributed by atoms with Crippen molar-refractivity contribution in [2.24, 2.45) is 0 Å². The Morgan fingerprint density at radius 2 is 0.675 bits per heavy atom. The average molecular weight is 1080 g/mol. The van der Waals surface area contributed by atoms with Crippen molar-refractivity contribution in [2.75, 3.05) is 62.2 Å². The van der Waals surface area contributed by atoms with Crippen molar-refractivity contribution in [1.29, 1.82) is 0 Å². The molecule has 4 heterocycles. The zero-order valence-corrected chi connectivity index (χ0v) is 48.5. The summed E-state index contributed by atoms with van der Waals surface area (Å²) < 4.78 is 0. The number of imide groups is 2. The summed E-state index contributed by atoms with van der Waals surface area (Å²) in [6.45, 7) is 16.3. The van der Waals surface area contributed by atoms with Crippen LogP contribution in [-0.2, 0) is 0 Å². The number of benzene rings is 7. The van der Waals surface area contributed by atoms with Crippen LogP contribution < -0.4 is 20.4 Å². The highest BCUT2D eigenvalue weighted by Gasteiger charge is 2.42. The molecule has 0 unspecified atom stereocenters. The number of nitrogens with one attached hydrogen (secondary N) is 2. The highest BCUT2D eigenvalue weighted by Crippen LogP contribution is 2.52. The Bertz CT molecular complexity index is 3110. The summed E-state index contributed by atoms with van der Waals surface area (Å²) in [6.07, 6.45) is 20.4. The first-order chi connectivity index (χ1) is 39.3. The Kier molecular flexibility index (Phi) is 17.5.